The highest BCUT2D eigenvalue weighted by molar-refractivity contribution is 5.28. The van der Waals surface area contributed by atoms with Gasteiger partial charge in [0, 0.05) is 0 Å². The Kier molecular flexibility index (Phi) is 6.93. The fourth-order valence-corrected chi connectivity index (χ4v) is 2.84. The van der Waals surface area contributed by atoms with Crippen LogP contribution in [0.25, 0.3) is 0 Å². The summed E-state index contributed by atoms with van der Waals surface area (Å²) in [6, 6.07) is 8.47. The molecule has 0 bridgehead atoms. The van der Waals surface area contributed by atoms with Crippen molar-refractivity contribution in [2.45, 2.75) is 51.9 Å². The van der Waals surface area contributed by atoms with Gasteiger partial charge in [-0.05, 0) is 69.4 Å². The van der Waals surface area contributed by atoms with E-state index in [0.29, 0.717) is 0 Å². The Hall–Kier alpha value is -1.02. The van der Waals surface area contributed by atoms with Gasteiger partial charge in [-0.3, -0.25) is 0 Å². The highest BCUT2D eigenvalue weighted by atomic mass is 16.5. The van der Waals surface area contributed by atoms with Crippen molar-refractivity contribution in [1.29, 1.82) is 0 Å². The van der Waals surface area contributed by atoms with E-state index in [1.165, 1.54) is 57.3 Å². The summed E-state index contributed by atoms with van der Waals surface area (Å²) in [6.45, 7) is 6.89. The zero-order valence-corrected chi connectivity index (χ0v) is 12.9. The lowest BCUT2D eigenvalue weighted by Crippen LogP contribution is -2.25. The predicted octanol–water partition coefficient (Wildman–Crippen LogP) is 4.28. The predicted molar refractivity (Wildman–Crippen MR) is 85.5 cm³/mol. The second-order valence-electron chi connectivity index (χ2n) is 5.81. The Bertz CT molecular complexity index is 369. The number of aryl methyl sites for hydroxylation is 1. The topological polar surface area (TPSA) is 12.5 Å². The van der Waals surface area contributed by atoms with Gasteiger partial charge in [-0.1, -0.05) is 31.9 Å². The van der Waals surface area contributed by atoms with Crippen molar-refractivity contribution in [2.75, 3.05) is 26.2 Å². The molecule has 0 unspecified atom stereocenters. The normalized spacial score (nSPS) is 16.9. The summed E-state index contributed by atoms with van der Waals surface area (Å²) >= 11 is 0. The van der Waals surface area contributed by atoms with E-state index in [1.807, 2.05) is 0 Å². The molecule has 0 N–H and O–H groups in total. The van der Waals surface area contributed by atoms with Crippen molar-refractivity contribution in [2.24, 2.45) is 0 Å². The van der Waals surface area contributed by atoms with Gasteiger partial charge in [0.2, 0.25) is 0 Å². The van der Waals surface area contributed by atoms with Gasteiger partial charge in [0.1, 0.15) is 5.75 Å². The SMILES string of the molecule is CCc1cccc(OCCCCN2CCCCCC2)c1. The minimum atomic E-state index is 0.848. The highest BCUT2D eigenvalue weighted by Gasteiger charge is 2.07. The molecule has 0 aromatic heterocycles. The fourth-order valence-electron chi connectivity index (χ4n) is 2.84. The molecule has 2 heteroatoms. The Labute approximate surface area is 124 Å². The maximum atomic E-state index is 5.84. The summed E-state index contributed by atoms with van der Waals surface area (Å²) in [5.74, 6) is 1.03. The van der Waals surface area contributed by atoms with Crippen molar-refractivity contribution in [1.82, 2.24) is 4.90 Å². The molecular formula is C18H29NO. The van der Waals surface area contributed by atoms with Gasteiger partial charge in [-0.25, -0.2) is 0 Å². The Balaban J connectivity index is 1.58. The second-order valence-corrected chi connectivity index (χ2v) is 5.81. The number of benzene rings is 1. The monoisotopic (exact) mass is 275 g/mol. The number of likely N-dealkylation sites (tertiary alicyclic amines) is 1. The molecule has 1 aromatic carbocycles. The van der Waals surface area contributed by atoms with Gasteiger partial charge in [0.25, 0.3) is 0 Å². The third-order valence-corrected chi connectivity index (χ3v) is 4.14. The lowest BCUT2D eigenvalue weighted by atomic mass is 10.2. The quantitative estimate of drug-likeness (QED) is 0.689. The van der Waals surface area contributed by atoms with E-state index in [-0.39, 0.29) is 0 Å². The fraction of sp³-hybridized carbons (Fsp3) is 0.667. The van der Waals surface area contributed by atoms with Crippen LogP contribution in [0.15, 0.2) is 24.3 Å². The van der Waals surface area contributed by atoms with E-state index in [4.69, 9.17) is 4.74 Å². The van der Waals surface area contributed by atoms with E-state index in [9.17, 15) is 0 Å². The average Bonchev–Trinajstić information content (AvgIpc) is 2.76. The molecule has 0 amide bonds. The standard InChI is InChI=1S/C18H29NO/c1-2-17-10-9-11-18(16-17)20-15-8-7-14-19-12-5-3-4-6-13-19/h9-11,16H,2-8,12-15H2,1H3. The van der Waals surface area contributed by atoms with Gasteiger partial charge >= 0.3 is 0 Å². The van der Waals surface area contributed by atoms with Crippen LogP contribution < -0.4 is 4.74 Å². The number of nitrogens with zero attached hydrogens (tertiary/aromatic N) is 1. The molecule has 112 valence electrons. The molecule has 2 rings (SSSR count). The van der Waals surface area contributed by atoms with Crippen LogP contribution in [0.2, 0.25) is 0 Å². The molecule has 2 nitrogen and oxygen atoms in total. The van der Waals surface area contributed by atoms with Crippen LogP contribution in [-0.2, 0) is 6.42 Å². The van der Waals surface area contributed by atoms with Crippen LogP contribution >= 0.6 is 0 Å². The molecule has 0 radical (unpaired) electrons. The number of rotatable bonds is 7. The average molecular weight is 275 g/mol. The lowest BCUT2D eigenvalue weighted by molar-refractivity contribution is 0.256. The molecule has 0 saturated carbocycles. The van der Waals surface area contributed by atoms with E-state index in [0.717, 1.165) is 25.2 Å². The van der Waals surface area contributed by atoms with Crippen LogP contribution in [0.1, 0.15) is 51.0 Å². The second kappa shape index (κ2) is 9.02. The summed E-state index contributed by atoms with van der Waals surface area (Å²) in [5, 5.41) is 0. The van der Waals surface area contributed by atoms with Gasteiger partial charge in [0.05, 0.1) is 6.61 Å². The molecule has 1 saturated heterocycles. The molecular weight excluding hydrogens is 246 g/mol. The molecule has 1 heterocycles. The molecule has 0 aliphatic carbocycles. The smallest absolute Gasteiger partial charge is 0.119 e. The maximum Gasteiger partial charge on any atom is 0.119 e. The summed E-state index contributed by atoms with van der Waals surface area (Å²) in [4.78, 5) is 2.63. The summed E-state index contributed by atoms with van der Waals surface area (Å²) in [6.07, 6.45) is 9.12. The van der Waals surface area contributed by atoms with Crippen LogP contribution in [0.4, 0.5) is 0 Å². The van der Waals surface area contributed by atoms with Crippen molar-refractivity contribution in [3.63, 3.8) is 0 Å². The number of hydrogen-bond donors (Lipinski definition) is 0. The zero-order chi connectivity index (χ0) is 14.0. The van der Waals surface area contributed by atoms with Crippen molar-refractivity contribution >= 4 is 0 Å². The first-order valence-electron chi connectivity index (χ1n) is 8.32. The number of hydrogen-bond acceptors (Lipinski definition) is 2. The van der Waals surface area contributed by atoms with Gasteiger partial charge in [-0.2, -0.15) is 0 Å². The molecule has 1 aliphatic heterocycles. The summed E-state index contributed by atoms with van der Waals surface area (Å²) in [7, 11) is 0. The molecule has 1 aliphatic rings. The summed E-state index contributed by atoms with van der Waals surface area (Å²) in [5.41, 5.74) is 1.35. The third-order valence-electron chi connectivity index (χ3n) is 4.14. The van der Waals surface area contributed by atoms with E-state index in [1.54, 1.807) is 0 Å². The van der Waals surface area contributed by atoms with E-state index in [2.05, 4.69) is 36.1 Å². The Morgan fingerprint density at radius 3 is 2.60 bits per heavy atom. The molecule has 1 aromatic rings. The van der Waals surface area contributed by atoms with E-state index < -0.39 is 0 Å². The first-order chi connectivity index (χ1) is 9.88. The van der Waals surface area contributed by atoms with Crippen molar-refractivity contribution in [3.8, 4) is 5.75 Å². The first kappa shape index (κ1) is 15.4. The molecule has 0 spiro atoms. The molecule has 1 fully saturated rings. The van der Waals surface area contributed by atoms with Gasteiger partial charge in [0.15, 0.2) is 0 Å². The Morgan fingerprint density at radius 2 is 1.85 bits per heavy atom. The van der Waals surface area contributed by atoms with Crippen LogP contribution in [0.3, 0.4) is 0 Å². The third kappa shape index (κ3) is 5.54. The summed E-state index contributed by atoms with van der Waals surface area (Å²) < 4.78 is 5.84. The van der Waals surface area contributed by atoms with Crippen LogP contribution in [0, 0.1) is 0 Å². The molecule has 20 heavy (non-hydrogen) atoms. The maximum absolute atomic E-state index is 5.84. The minimum Gasteiger partial charge on any atom is -0.494 e. The van der Waals surface area contributed by atoms with Gasteiger partial charge < -0.3 is 9.64 Å². The van der Waals surface area contributed by atoms with Crippen LogP contribution in [-0.4, -0.2) is 31.1 Å². The van der Waals surface area contributed by atoms with Gasteiger partial charge in [-0.15, -0.1) is 0 Å². The zero-order valence-electron chi connectivity index (χ0n) is 12.9. The lowest BCUT2D eigenvalue weighted by Gasteiger charge is -2.19. The molecule has 0 atom stereocenters. The minimum absolute atomic E-state index is 0.848. The number of ether oxygens (including phenoxy) is 1. The van der Waals surface area contributed by atoms with Crippen molar-refractivity contribution < 1.29 is 4.74 Å². The Morgan fingerprint density at radius 1 is 1.05 bits per heavy atom. The van der Waals surface area contributed by atoms with Crippen molar-refractivity contribution in [3.05, 3.63) is 29.8 Å². The van der Waals surface area contributed by atoms with E-state index >= 15 is 0 Å². The first-order valence-corrected chi connectivity index (χ1v) is 8.32. The largest absolute Gasteiger partial charge is 0.494 e. The number of unbranched alkanes of at least 4 members (excludes halogenated alkanes) is 1. The highest BCUT2D eigenvalue weighted by Crippen LogP contribution is 2.14. The van der Waals surface area contributed by atoms with Crippen LogP contribution in [0.5, 0.6) is 5.75 Å².